The summed E-state index contributed by atoms with van der Waals surface area (Å²) in [6.07, 6.45) is 3.09. The summed E-state index contributed by atoms with van der Waals surface area (Å²) in [4.78, 5) is 23.8. The van der Waals surface area contributed by atoms with Gasteiger partial charge in [0.2, 0.25) is 0 Å². The first-order valence-corrected chi connectivity index (χ1v) is 6.98. The minimum Gasteiger partial charge on any atom is -0.478 e. The highest BCUT2D eigenvalue weighted by Gasteiger charge is 2.38. The van der Waals surface area contributed by atoms with Crippen LogP contribution >= 0.6 is 0 Å². The Labute approximate surface area is 121 Å². The van der Waals surface area contributed by atoms with Crippen LogP contribution in [0.4, 0.5) is 11.4 Å². The molecule has 21 heavy (non-hydrogen) atoms. The molecule has 112 valence electrons. The topological polar surface area (TPSA) is 92.9 Å². The number of ether oxygens (including phenoxy) is 1. The van der Waals surface area contributed by atoms with Gasteiger partial charge in [-0.15, -0.1) is 0 Å². The Hall–Kier alpha value is -2.15. The molecule has 0 aromatic heterocycles. The molecule has 3 rings (SSSR count). The number of nitrogens with zero attached hydrogens (tertiary/aromatic N) is 2. The SMILES string of the molecule is O=C(O)c1ccc(N2CCOC3CCCC32)c([N+](=O)[O-])c1. The Balaban J connectivity index is 2.00. The quantitative estimate of drug-likeness (QED) is 0.677. The number of carboxylic acid groups (broad SMARTS) is 1. The van der Waals surface area contributed by atoms with Crippen molar-refractivity contribution in [2.24, 2.45) is 0 Å². The second-order valence-electron chi connectivity index (χ2n) is 5.37. The molecule has 1 aromatic rings. The lowest BCUT2D eigenvalue weighted by atomic mass is 10.1. The maximum atomic E-state index is 11.3. The summed E-state index contributed by atoms with van der Waals surface area (Å²) >= 11 is 0. The van der Waals surface area contributed by atoms with Crippen molar-refractivity contribution in [3.05, 3.63) is 33.9 Å². The van der Waals surface area contributed by atoms with Crippen molar-refractivity contribution in [2.75, 3.05) is 18.1 Å². The smallest absolute Gasteiger partial charge is 0.335 e. The normalized spacial score (nSPS) is 24.7. The van der Waals surface area contributed by atoms with Crippen molar-refractivity contribution in [2.45, 2.75) is 31.4 Å². The molecule has 2 atom stereocenters. The van der Waals surface area contributed by atoms with Gasteiger partial charge in [-0.3, -0.25) is 10.1 Å². The van der Waals surface area contributed by atoms with Crippen LogP contribution in [0.5, 0.6) is 0 Å². The molecule has 7 heteroatoms. The number of fused-ring (bicyclic) bond motifs is 1. The molecule has 2 unspecified atom stereocenters. The van der Waals surface area contributed by atoms with E-state index >= 15 is 0 Å². The number of carboxylic acids is 1. The minimum absolute atomic E-state index is 0.0679. The molecule has 1 N–H and O–H groups in total. The first-order valence-electron chi connectivity index (χ1n) is 6.98. The number of aromatic carboxylic acids is 1. The van der Waals surface area contributed by atoms with E-state index in [1.54, 1.807) is 6.07 Å². The van der Waals surface area contributed by atoms with Crippen LogP contribution in [0.25, 0.3) is 0 Å². The number of rotatable bonds is 3. The number of morpholine rings is 1. The molecule has 0 bridgehead atoms. The van der Waals surface area contributed by atoms with E-state index in [4.69, 9.17) is 9.84 Å². The van der Waals surface area contributed by atoms with E-state index in [-0.39, 0.29) is 23.4 Å². The van der Waals surface area contributed by atoms with Gasteiger partial charge < -0.3 is 14.7 Å². The fraction of sp³-hybridized carbons (Fsp3) is 0.500. The van der Waals surface area contributed by atoms with Crippen LogP contribution in [0.3, 0.4) is 0 Å². The second kappa shape index (κ2) is 5.33. The number of hydrogen-bond donors (Lipinski definition) is 1. The van der Waals surface area contributed by atoms with Gasteiger partial charge in [-0.2, -0.15) is 0 Å². The van der Waals surface area contributed by atoms with Crippen LogP contribution in [0.15, 0.2) is 18.2 Å². The Morgan fingerprint density at radius 2 is 2.24 bits per heavy atom. The number of benzene rings is 1. The van der Waals surface area contributed by atoms with Gasteiger partial charge in [-0.25, -0.2) is 4.79 Å². The minimum atomic E-state index is -1.16. The van der Waals surface area contributed by atoms with Gasteiger partial charge in [0.05, 0.1) is 29.2 Å². The standard InChI is InChI=1S/C14H16N2O5/c17-14(18)9-4-5-10(12(8-9)16(19)20)15-6-7-21-13-3-1-2-11(13)15/h4-5,8,11,13H,1-3,6-7H2,(H,17,18). The Morgan fingerprint density at radius 3 is 2.95 bits per heavy atom. The predicted octanol–water partition coefficient (Wildman–Crippen LogP) is 2.05. The molecule has 1 saturated heterocycles. The third-order valence-corrected chi connectivity index (χ3v) is 4.21. The zero-order valence-electron chi connectivity index (χ0n) is 11.4. The molecular weight excluding hydrogens is 276 g/mol. The average molecular weight is 292 g/mol. The number of carbonyl (C=O) groups is 1. The maximum Gasteiger partial charge on any atom is 0.335 e. The van der Waals surface area contributed by atoms with E-state index in [0.717, 1.165) is 25.3 Å². The first-order chi connectivity index (χ1) is 10.1. The summed E-state index contributed by atoms with van der Waals surface area (Å²) in [5.74, 6) is -1.16. The molecule has 1 saturated carbocycles. The highest BCUT2D eigenvalue weighted by Crippen LogP contribution is 2.37. The summed E-state index contributed by atoms with van der Waals surface area (Å²) in [6, 6.07) is 4.25. The third kappa shape index (κ3) is 2.44. The van der Waals surface area contributed by atoms with Crippen molar-refractivity contribution in [1.29, 1.82) is 0 Å². The molecule has 2 fully saturated rings. The molecule has 0 spiro atoms. The summed E-state index contributed by atoms with van der Waals surface area (Å²) in [5.41, 5.74) is 0.273. The van der Waals surface area contributed by atoms with Gasteiger partial charge >= 0.3 is 5.97 Å². The van der Waals surface area contributed by atoms with E-state index in [0.29, 0.717) is 18.8 Å². The van der Waals surface area contributed by atoms with Crippen LogP contribution in [-0.4, -0.2) is 41.3 Å². The lowest BCUT2D eigenvalue weighted by molar-refractivity contribution is -0.384. The van der Waals surface area contributed by atoms with E-state index in [9.17, 15) is 14.9 Å². The van der Waals surface area contributed by atoms with Crippen LogP contribution in [0.2, 0.25) is 0 Å². The van der Waals surface area contributed by atoms with Crippen molar-refractivity contribution in [3.8, 4) is 0 Å². The lowest BCUT2D eigenvalue weighted by Crippen LogP contribution is -2.48. The highest BCUT2D eigenvalue weighted by atomic mass is 16.6. The molecule has 1 aliphatic carbocycles. The Kier molecular flexibility index (Phi) is 3.50. The molecule has 1 aromatic carbocycles. The zero-order chi connectivity index (χ0) is 15.0. The molecule has 1 heterocycles. The number of nitro groups is 1. The zero-order valence-corrected chi connectivity index (χ0v) is 11.4. The molecule has 7 nitrogen and oxygen atoms in total. The van der Waals surface area contributed by atoms with Gasteiger partial charge in [-0.05, 0) is 31.4 Å². The van der Waals surface area contributed by atoms with Crippen LogP contribution in [-0.2, 0) is 4.74 Å². The maximum absolute atomic E-state index is 11.3. The van der Waals surface area contributed by atoms with Crippen LogP contribution < -0.4 is 4.90 Å². The van der Waals surface area contributed by atoms with E-state index in [2.05, 4.69) is 0 Å². The van der Waals surface area contributed by atoms with E-state index < -0.39 is 10.9 Å². The second-order valence-corrected chi connectivity index (χ2v) is 5.37. The van der Waals surface area contributed by atoms with Gasteiger partial charge in [0.25, 0.3) is 5.69 Å². The predicted molar refractivity (Wildman–Crippen MR) is 74.8 cm³/mol. The van der Waals surface area contributed by atoms with Crippen molar-refractivity contribution >= 4 is 17.3 Å². The van der Waals surface area contributed by atoms with Gasteiger partial charge in [0.15, 0.2) is 0 Å². The Morgan fingerprint density at radius 1 is 1.43 bits per heavy atom. The summed E-state index contributed by atoms with van der Waals surface area (Å²) in [5, 5.41) is 20.3. The Bertz CT molecular complexity index is 589. The monoisotopic (exact) mass is 292 g/mol. The van der Waals surface area contributed by atoms with Crippen LogP contribution in [0, 0.1) is 10.1 Å². The molecule has 1 aliphatic heterocycles. The number of nitro benzene ring substituents is 1. The highest BCUT2D eigenvalue weighted by molar-refractivity contribution is 5.90. The number of anilines is 1. The molecule has 0 radical (unpaired) electrons. The summed E-state index contributed by atoms with van der Waals surface area (Å²) in [7, 11) is 0. The molecule has 2 aliphatic rings. The fourth-order valence-electron chi connectivity index (χ4n) is 3.27. The molecular formula is C14H16N2O5. The first kappa shape index (κ1) is 13.8. The van der Waals surface area contributed by atoms with Crippen molar-refractivity contribution in [1.82, 2.24) is 0 Å². The summed E-state index contributed by atoms with van der Waals surface area (Å²) in [6.45, 7) is 1.13. The van der Waals surface area contributed by atoms with Gasteiger partial charge in [0.1, 0.15) is 5.69 Å². The van der Waals surface area contributed by atoms with Crippen LogP contribution in [0.1, 0.15) is 29.6 Å². The van der Waals surface area contributed by atoms with Crippen molar-refractivity contribution in [3.63, 3.8) is 0 Å². The van der Waals surface area contributed by atoms with Crippen molar-refractivity contribution < 1.29 is 19.6 Å². The summed E-state index contributed by atoms with van der Waals surface area (Å²) < 4.78 is 5.71. The third-order valence-electron chi connectivity index (χ3n) is 4.21. The van der Waals surface area contributed by atoms with Gasteiger partial charge in [0, 0.05) is 12.6 Å². The molecule has 0 amide bonds. The lowest BCUT2D eigenvalue weighted by Gasteiger charge is -2.39. The fourth-order valence-corrected chi connectivity index (χ4v) is 3.27. The number of hydrogen-bond acceptors (Lipinski definition) is 5. The van der Waals surface area contributed by atoms with E-state index in [1.807, 2.05) is 4.90 Å². The largest absolute Gasteiger partial charge is 0.478 e. The van der Waals surface area contributed by atoms with E-state index in [1.165, 1.54) is 6.07 Å². The average Bonchev–Trinajstić information content (AvgIpc) is 2.94. The van der Waals surface area contributed by atoms with Gasteiger partial charge in [-0.1, -0.05) is 0 Å².